The SMILES string of the molecule is CNC(CN)c1c(OC)cc(C)c(Cl)c1C. The maximum atomic E-state index is 6.25. The molecule has 0 spiro atoms. The molecule has 0 aliphatic heterocycles. The van der Waals surface area contributed by atoms with Gasteiger partial charge in [0.05, 0.1) is 7.11 Å². The zero-order valence-electron chi connectivity index (χ0n) is 10.2. The fourth-order valence-electron chi connectivity index (χ4n) is 1.92. The Labute approximate surface area is 102 Å². The summed E-state index contributed by atoms with van der Waals surface area (Å²) in [6.45, 7) is 4.47. The second kappa shape index (κ2) is 5.53. The predicted molar refractivity (Wildman–Crippen MR) is 68.3 cm³/mol. The van der Waals surface area contributed by atoms with Gasteiger partial charge in [-0.3, -0.25) is 0 Å². The Morgan fingerprint density at radius 2 is 2.12 bits per heavy atom. The largest absolute Gasteiger partial charge is 0.496 e. The smallest absolute Gasteiger partial charge is 0.124 e. The Morgan fingerprint density at radius 3 is 2.56 bits per heavy atom. The second-order valence-corrected chi connectivity index (χ2v) is 4.20. The van der Waals surface area contributed by atoms with E-state index in [4.69, 9.17) is 22.1 Å². The van der Waals surface area contributed by atoms with Crippen LogP contribution in [0.15, 0.2) is 6.07 Å². The van der Waals surface area contributed by atoms with Crippen LogP contribution < -0.4 is 15.8 Å². The van der Waals surface area contributed by atoms with Crippen LogP contribution in [0.2, 0.25) is 5.02 Å². The van der Waals surface area contributed by atoms with Crippen molar-refractivity contribution >= 4 is 11.6 Å². The third-order valence-electron chi connectivity index (χ3n) is 2.85. The number of nitrogens with one attached hydrogen (secondary N) is 1. The van der Waals surface area contributed by atoms with Gasteiger partial charge in [-0.1, -0.05) is 11.6 Å². The van der Waals surface area contributed by atoms with Crippen LogP contribution in [-0.4, -0.2) is 20.7 Å². The van der Waals surface area contributed by atoms with Crippen LogP contribution in [0.4, 0.5) is 0 Å². The third kappa shape index (κ3) is 2.32. The monoisotopic (exact) mass is 242 g/mol. The van der Waals surface area contributed by atoms with Gasteiger partial charge in [-0.05, 0) is 38.1 Å². The molecule has 1 aromatic rings. The van der Waals surface area contributed by atoms with Gasteiger partial charge in [0.2, 0.25) is 0 Å². The molecule has 0 fully saturated rings. The first-order valence-corrected chi connectivity index (χ1v) is 5.65. The van der Waals surface area contributed by atoms with Crippen molar-refractivity contribution in [3.8, 4) is 5.75 Å². The van der Waals surface area contributed by atoms with E-state index >= 15 is 0 Å². The molecule has 0 amide bonds. The van der Waals surface area contributed by atoms with Gasteiger partial charge in [0, 0.05) is 23.2 Å². The summed E-state index contributed by atoms with van der Waals surface area (Å²) in [7, 11) is 3.54. The molecule has 0 saturated heterocycles. The molecule has 0 aliphatic rings. The zero-order valence-corrected chi connectivity index (χ0v) is 11.0. The number of methoxy groups -OCH3 is 1. The Kier molecular flexibility index (Phi) is 4.59. The molecular weight excluding hydrogens is 224 g/mol. The lowest BCUT2D eigenvalue weighted by Gasteiger charge is -2.21. The molecule has 1 unspecified atom stereocenters. The lowest BCUT2D eigenvalue weighted by molar-refractivity contribution is 0.401. The number of rotatable bonds is 4. The molecule has 1 aromatic carbocycles. The molecular formula is C12H19ClN2O. The van der Waals surface area contributed by atoms with Gasteiger partial charge in [0.15, 0.2) is 0 Å². The van der Waals surface area contributed by atoms with Gasteiger partial charge in [-0.15, -0.1) is 0 Å². The highest BCUT2D eigenvalue weighted by atomic mass is 35.5. The standard InChI is InChI=1S/C12H19ClN2O/c1-7-5-10(16-4)11(8(2)12(7)13)9(6-14)15-3/h5,9,15H,6,14H2,1-4H3. The first kappa shape index (κ1) is 13.3. The minimum atomic E-state index is 0.0630. The number of hydrogen-bond acceptors (Lipinski definition) is 3. The van der Waals surface area contributed by atoms with E-state index < -0.39 is 0 Å². The minimum Gasteiger partial charge on any atom is -0.496 e. The van der Waals surface area contributed by atoms with Gasteiger partial charge >= 0.3 is 0 Å². The molecule has 0 aromatic heterocycles. The van der Waals surface area contributed by atoms with Gasteiger partial charge in [0.1, 0.15) is 5.75 Å². The minimum absolute atomic E-state index is 0.0630. The predicted octanol–water partition coefficient (Wildman–Crippen LogP) is 2.18. The van der Waals surface area contributed by atoms with Crippen LogP contribution in [0.25, 0.3) is 0 Å². The molecule has 90 valence electrons. The van der Waals surface area contributed by atoms with Crippen molar-refractivity contribution in [2.24, 2.45) is 5.73 Å². The Hall–Kier alpha value is -0.770. The number of halogens is 1. The Bertz CT molecular complexity index is 376. The van der Waals surface area contributed by atoms with Crippen LogP contribution in [0.1, 0.15) is 22.7 Å². The Morgan fingerprint density at radius 1 is 1.50 bits per heavy atom. The second-order valence-electron chi connectivity index (χ2n) is 3.83. The van der Waals surface area contributed by atoms with Crippen LogP contribution in [0, 0.1) is 13.8 Å². The summed E-state index contributed by atoms with van der Waals surface area (Å²) < 4.78 is 5.39. The fourth-order valence-corrected chi connectivity index (χ4v) is 2.07. The van der Waals surface area contributed by atoms with Crippen LogP contribution >= 0.6 is 11.6 Å². The topological polar surface area (TPSA) is 47.3 Å². The van der Waals surface area contributed by atoms with Gasteiger partial charge in [0.25, 0.3) is 0 Å². The van der Waals surface area contributed by atoms with E-state index in [2.05, 4.69) is 5.32 Å². The lowest BCUT2D eigenvalue weighted by Crippen LogP contribution is -2.26. The van der Waals surface area contributed by atoms with Crippen molar-refractivity contribution in [3.05, 3.63) is 27.8 Å². The molecule has 3 nitrogen and oxygen atoms in total. The summed E-state index contributed by atoms with van der Waals surface area (Å²) in [5.41, 5.74) is 8.83. The molecule has 0 bridgehead atoms. The van der Waals surface area contributed by atoms with E-state index in [1.54, 1.807) is 7.11 Å². The molecule has 0 aliphatic carbocycles. The van der Waals surface area contributed by atoms with Crippen molar-refractivity contribution in [2.45, 2.75) is 19.9 Å². The van der Waals surface area contributed by atoms with Crippen molar-refractivity contribution in [3.63, 3.8) is 0 Å². The van der Waals surface area contributed by atoms with E-state index in [9.17, 15) is 0 Å². The van der Waals surface area contributed by atoms with Gasteiger partial charge in [-0.2, -0.15) is 0 Å². The van der Waals surface area contributed by atoms with E-state index in [1.807, 2.05) is 27.0 Å². The number of ether oxygens (including phenoxy) is 1. The van der Waals surface area contributed by atoms with Crippen molar-refractivity contribution < 1.29 is 4.74 Å². The van der Waals surface area contributed by atoms with Crippen molar-refractivity contribution in [1.82, 2.24) is 5.32 Å². The highest BCUT2D eigenvalue weighted by Gasteiger charge is 2.18. The van der Waals surface area contributed by atoms with Crippen molar-refractivity contribution in [1.29, 1.82) is 0 Å². The Balaban J connectivity index is 3.40. The molecule has 1 atom stereocenters. The van der Waals surface area contributed by atoms with Gasteiger partial charge in [-0.25, -0.2) is 0 Å². The summed E-state index contributed by atoms with van der Waals surface area (Å²) in [5.74, 6) is 0.837. The highest BCUT2D eigenvalue weighted by molar-refractivity contribution is 6.32. The molecule has 0 saturated carbocycles. The first-order chi connectivity index (χ1) is 7.56. The lowest BCUT2D eigenvalue weighted by atomic mass is 9.97. The average Bonchev–Trinajstić information content (AvgIpc) is 2.29. The zero-order chi connectivity index (χ0) is 12.3. The quantitative estimate of drug-likeness (QED) is 0.851. The van der Waals surface area contributed by atoms with Crippen LogP contribution in [0.5, 0.6) is 5.75 Å². The number of nitrogens with two attached hydrogens (primary N) is 1. The first-order valence-electron chi connectivity index (χ1n) is 5.27. The number of likely N-dealkylation sites (N-methyl/N-ethyl adjacent to an activating group) is 1. The number of aryl methyl sites for hydroxylation is 1. The van der Waals surface area contributed by atoms with Crippen LogP contribution in [-0.2, 0) is 0 Å². The molecule has 3 N–H and O–H groups in total. The maximum absolute atomic E-state index is 6.25. The summed E-state index contributed by atoms with van der Waals surface area (Å²) in [5, 5.41) is 3.95. The molecule has 4 heteroatoms. The fraction of sp³-hybridized carbons (Fsp3) is 0.500. The van der Waals surface area contributed by atoms with Gasteiger partial charge < -0.3 is 15.8 Å². The van der Waals surface area contributed by atoms with E-state index in [-0.39, 0.29) is 6.04 Å². The molecule has 0 heterocycles. The van der Waals surface area contributed by atoms with E-state index in [0.717, 1.165) is 27.5 Å². The summed E-state index contributed by atoms with van der Waals surface area (Å²) >= 11 is 6.25. The number of benzene rings is 1. The normalized spacial score (nSPS) is 12.6. The van der Waals surface area contributed by atoms with Crippen molar-refractivity contribution in [2.75, 3.05) is 20.7 Å². The van der Waals surface area contributed by atoms with E-state index in [0.29, 0.717) is 6.54 Å². The molecule has 0 radical (unpaired) electrons. The summed E-state index contributed by atoms with van der Waals surface area (Å²) in [6.07, 6.45) is 0. The summed E-state index contributed by atoms with van der Waals surface area (Å²) in [6, 6.07) is 2.01. The third-order valence-corrected chi connectivity index (χ3v) is 3.43. The summed E-state index contributed by atoms with van der Waals surface area (Å²) in [4.78, 5) is 0. The van der Waals surface area contributed by atoms with Crippen LogP contribution in [0.3, 0.4) is 0 Å². The highest BCUT2D eigenvalue weighted by Crippen LogP contribution is 2.35. The molecule has 16 heavy (non-hydrogen) atoms. The number of hydrogen-bond donors (Lipinski definition) is 2. The molecule has 1 rings (SSSR count). The maximum Gasteiger partial charge on any atom is 0.124 e. The van der Waals surface area contributed by atoms with E-state index in [1.165, 1.54) is 0 Å². The average molecular weight is 243 g/mol.